The highest BCUT2D eigenvalue weighted by Crippen LogP contribution is 2.30. The fourth-order valence-electron chi connectivity index (χ4n) is 3.67. The molecule has 0 aromatic carbocycles. The summed E-state index contributed by atoms with van der Waals surface area (Å²) >= 11 is 0. The van der Waals surface area contributed by atoms with Gasteiger partial charge in [0.15, 0.2) is 0 Å². The maximum Gasteiger partial charge on any atom is 0.407 e. The maximum absolute atomic E-state index is 11.9. The number of rotatable bonds is 5. The van der Waals surface area contributed by atoms with Crippen molar-refractivity contribution in [3.05, 3.63) is 0 Å². The summed E-state index contributed by atoms with van der Waals surface area (Å²) in [4.78, 5) is 11.9. The summed E-state index contributed by atoms with van der Waals surface area (Å²) in [5.74, 6) is 0.495. The van der Waals surface area contributed by atoms with E-state index < -0.39 is 5.60 Å². The second kappa shape index (κ2) is 8.52. The van der Waals surface area contributed by atoms with Gasteiger partial charge >= 0.3 is 6.09 Å². The standard InChI is InChI=1S/C19H36N2O3/c1-18(2,3)24-17(22)20-13-15-7-5-6-8-16(15)21-14-19(4)9-11-23-12-10-19/h15-16,21H,5-14H2,1-4H3,(H,20,22). The van der Waals surface area contributed by atoms with Crippen LogP contribution in [-0.2, 0) is 9.47 Å². The summed E-state index contributed by atoms with van der Waals surface area (Å²) < 4.78 is 10.8. The van der Waals surface area contributed by atoms with Gasteiger partial charge in [-0.3, -0.25) is 0 Å². The second-order valence-electron chi connectivity index (χ2n) is 8.84. The first-order chi connectivity index (χ1) is 11.3. The van der Waals surface area contributed by atoms with Crippen LogP contribution in [0.15, 0.2) is 0 Å². The summed E-state index contributed by atoms with van der Waals surface area (Å²) in [5, 5.41) is 6.77. The lowest BCUT2D eigenvalue weighted by atomic mass is 9.80. The highest BCUT2D eigenvalue weighted by molar-refractivity contribution is 5.67. The van der Waals surface area contributed by atoms with E-state index in [0.717, 1.165) is 32.6 Å². The predicted molar refractivity (Wildman–Crippen MR) is 96.1 cm³/mol. The zero-order valence-electron chi connectivity index (χ0n) is 16.0. The Morgan fingerprint density at radius 1 is 1.21 bits per heavy atom. The Balaban J connectivity index is 1.78. The SMILES string of the molecule is CC1(CNC2CCCCC2CNC(=O)OC(C)(C)C)CCOCC1. The minimum absolute atomic E-state index is 0.303. The number of ether oxygens (including phenoxy) is 2. The van der Waals surface area contributed by atoms with E-state index in [1.54, 1.807) is 0 Å². The third-order valence-corrected chi connectivity index (χ3v) is 5.31. The zero-order valence-corrected chi connectivity index (χ0v) is 16.0. The first kappa shape index (κ1) is 19.5. The summed E-state index contributed by atoms with van der Waals surface area (Å²) in [7, 11) is 0. The number of amides is 1. The quantitative estimate of drug-likeness (QED) is 0.804. The average Bonchev–Trinajstić information content (AvgIpc) is 2.51. The minimum Gasteiger partial charge on any atom is -0.444 e. The van der Waals surface area contributed by atoms with Crippen LogP contribution in [0.3, 0.4) is 0 Å². The van der Waals surface area contributed by atoms with Crippen molar-refractivity contribution >= 4 is 6.09 Å². The fourth-order valence-corrected chi connectivity index (χ4v) is 3.67. The lowest BCUT2D eigenvalue weighted by Gasteiger charge is -2.38. The lowest BCUT2D eigenvalue weighted by Crippen LogP contribution is -2.48. The van der Waals surface area contributed by atoms with Crippen molar-refractivity contribution in [3.63, 3.8) is 0 Å². The highest BCUT2D eigenvalue weighted by Gasteiger charge is 2.31. The highest BCUT2D eigenvalue weighted by atomic mass is 16.6. The average molecular weight is 341 g/mol. The molecule has 0 aromatic heterocycles. The molecule has 2 N–H and O–H groups in total. The van der Waals surface area contributed by atoms with E-state index in [0.29, 0.717) is 23.9 Å². The van der Waals surface area contributed by atoms with E-state index in [9.17, 15) is 4.79 Å². The summed E-state index contributed by atoms with van der Waals surface area (Å²) in [6.45, 7) is 11.6. The van der Waals surface area contributed by atoms with Gasteiger partial charge in [0.05, 0.1) is 0 Å². The Morgan fingerprint density at radius 2 is 1.88 bits per heavy atom. The molecule has 2 rings (SSSR count). The molecule has 140 valence electrons. The van der Waals surface area contributed by atoms with Crippen LogP contribution in [0.25, 0.3) is 0 Å². The Hall–Kier alpha value is -0.810. The summed E-state index contributed by atoms with van der Waals surface area (Å²) in [6.07, 6.45) is 6.87. The zero-order chi connectivity index (χ0) is 17.6. The molecule has 1 aliphatic heterocycles. The molecule has 1 heterocycles. The van der Waals surface area contributed by atoms with Crippen molar-refractivity contribution in [3.8, 4) is 0 Å². The number of carbonyl (C=O) groups is 1. The fraction of sp³-hybridized carbons (Fsp3) is 0.947. The second-order valence-corrected chi connectivity index (χ2v) is 8.84. The van der Waals surface area contributed by atoms with Crippen LogP contribution in [0, 0.1) is 11.3 Å². The molecule has 2 fully saturated rings. The largest absolute Gasteiger partial charge is 0.444 e. The summed E-state index contributed by atoms with van der Waals surface area (Å²) in [5.41, 5.74) is -0.0925. The third-order valence-electron chi connectivity index (χ3n) is 5.31. The van der Waals surface area contributed by atoms with Gasteiger partial charge in [0, 0.05) is 32.3 Å². The van der Waals surface area contributed by atoms with Gasteiger partial charge in [0.1, 0.15) is 5.60 Å². The first-order valence-corrected chi connectivity index (χ1v) is 9.55. The molecule has 1 amide bonds. The number of carbonyl (C=O) groups excluding carboxylic acids is 1. The monoisotopic (exact) mass is 340 g/mol. The van der Waals surface area contributed by atoms with Crippen LogP contribution in [-0.4, -0.2) is 44.0 Å². The van der Waals surface area contributed by atoms with Crippen molar-refractivity contribution in [1.29, 1.82) is 0 Å². The molecule has 2 unspecified atom stereocenters. The van der Waals surface area contributed by atoms with Gasteiger partial charge in [0.2, 0.25) is 0 Å². The maximum atomic E-state index is 11.9. The molecular weight excluding hydrogens is 304 g/mol. The van der Waals surface area contributed by atoms with E-state index in [-0.39, 0.29) is 6.09 Å². The normalized spacial score (nSPS) is 27.5. The molecule has 2 aliphatic rings. The van der Waals surface area contributed by atoms with Gasteiger partial charge in [-0.15, -0.1) is 0 Å². The van der Waals surface area contributed by atoms with Gasteiger partial charge < -0.3 is 20.1 Å². The molecule has 24 heavy (non-hydrogen) atoms. The molecular formula is C19H36N2O3. The Bertz CT molecular complexity index is 400. The molecule has 5 heteroatoms. The molecule has 1 saturated carbocycles. The molecule has 1 aliphatic carbocycles. The minimum atomic E-state index is -0.439. The van der Waals surface area contributed by atoms with E-state index >= 15 is 0 Å². The molecule has 1 saturated heterocycles. The van der Waals surface area contributed by atoms with Crippen molar-refractivity contribution in [2.24, 2.45) is 11.3 Å². The Kier molecular flexibility index (Phi) is 6.93. The van der Waals surface area contributed by atoms with Gasteiger partial charge in [-0.05, 0) is 57.8 Å². The molecule has 2 atom stereocenters. The van der Waals surface area contributed by atoms with Crippen LogP contribution in [0.4, 0.5) is 4.79 Å². The van der Waals surface area contributed by atoms with Crippen molar-refractivity contribution in [1.82, 2.24) is 10.6 Å². The number of hydrogen-bond donors (Lipinski definition) is 2. The molecule has 0 spiro atoms. The van der Waals surface area contributed by atoms with Crippen LogP contribution in [0.5, 0.6) is 0 Å². The van der Waals surface area contributed by atoms with E-state index in [1.165, 1.54) is 25.7 Å². The van der Waals surface area contributed by atoms with Crippen LogP contribution >= 0.6 is 0 Å². The smallest absolute Gasteiger partial charge is 0.407 e. The van der Waals surface area contributed by atoms with Gasteiger partial charge in [-0.1, -0.05) is 19.8 Å². The Labute approximate surface area is 147 Å². The van der Waals surface area contributed by atoms with E-state index in [4.69, 9.17) is 9.47 Å². The van der Waals surface area contributed by atoms with Gasteiger partial charge in [0.25, 0.3) is 0 Å². The number of nitrogens with one attached hydrogen (secondary N) is 2. The lowest BCUT2D eigenvalue weighted by molar-refractivity contribution is 0.0208. The van der Waals surface area contributed by atoms with Crippen LogP contribution in [0.2, 0.25) is 0 Å². The Morgan fingerprint density at radius 3 is 2.54 bits per heavy atom. The van der Waals surface area contributed by atoms with Crippen molar-refractivity contribution in [2.45, 2.75) is 77.9 Å². The van der Waals surface area contributed by atoms with Gasteiger partial charge in [-0.25, -0.2) is 4.79 Å². The van der Waals surface area contributed by atoms with Crippen LogP contribution < -0.4 is 10.6 Å². The van der Waals surface area contributed by atoms with Crippen LogP contribution in [0.1, 0.15) is 66.2 Å². The molecule has 0 radical (unpaired) electrons. The van der Waals surface area contributed by atoms with E-state index in [2.05, 4.69) is 17.6 Å². The number of alkyl carbamates (subject to hydrolysis) is 1. The first-order valence-electron chi connectivity index (χ1n) is 9.55. The van der Waals surface area contributed by atoms with Crippen molar-refractivity contribution < 1.29 is 14.3 Å². The predicted octanol–water partition coefficient (Wildman–Crippen LogP) is 3.48. The molecule has 0 bridgehead atoms. The summed E-state index contributed by atoms with van der Waals surface area (Å²) in [6, 6.07) is 0.494. The topological polar surface area (TPSA) is 59.6 Å². The van der Waals surface area contributed by atoms with Gasteiger partial charge in [-0.2, -0.15) is 0 Å². The molecule has 5 nitrogen and oxygen atoms in total. The van der Waals surface area contributed by atoms with E-state index in [1.807, 2.05) is 20.8 Å². The third kappa shape index (κ3) is 6.60. The molecule has 0 aromatic rings. The number of hydrogen-bond acceptors (Lipinski definition) is 4. The van der Waals surface area contributed by atoms with Crippen molar-refractivity contribution in [2.75, 3.05) is 26.3 Å².